The maximum atomic E-state index is 13.8. The molecule has 1 aromatic rings. The summed E-state index contributed by atoms with van der Waals surface area (Å²) in [7, 11) is 1.42. The molecule has 1 heterocycles. The second kappa shape index (κ2) is 17.5. The number of nitrogens with one attached hydrogen (secondary N) is 4. The molecule has 1 fully saturated rings. The standard InChI is InChI=1S/C27H40N8O7.ClH/c1-15(2)22-25(41)33-17(10-7-11-30-27(28)29)23(39)31-14-20(36)32-18(13-21(37)38)24(40)34-19(26(42)35(22)3)12-16-8-5-4-6-9-16;/h4-6,8-9,15,17-19,22H,7,10-14H2,1-3H3,(H,31,39)(H,32,36)(H,33,41)(H,34,40)(H,37,38)(H4,28,29,30);1H/t17-,18-,19+,22-;/m0./s1. The van der Waals surface area contributed by atoms with E-state index in [1.807, 2.05) is 0 Å². The number of aliphatic carboxylic acids is 1. The zero-order chi connectivity index (χ0) is 31.4. The van der Waals surface area contributed by atoms with E-state index in [0.717, 1.165) is 0 Å². The van der Waals surface area contributed by atoms with Gasteiger partial charge in [-0.1, -0.05) is 44.2 Å². The number of amides is 5. The Hall–Kier alpha value is -4.40. The fourth-order valence-corrected chi connectivity index (χ4v) is 4.58. The van der Waals surface area contributed by atoms with Gasteiger partial charge in [0.1, 0.15) is 24.2 Å². The molecule has 0 spiro atoms. The summed E-state index contributed by atoms with van der Waals surface area (Å²) in [6.07, 6.45) is -0.322. The van der Waals surface area contributed by atoms with Gasteiger partial charge in [-0.15, -0.1) is 12.4 Å². The molecule has 0 aromatic heterocycles. The summed E-state index contributed by atoms with van der Waals surface area (Å²) in [5.41, 5.74) is 11.4. The van der Waals surface area contributed by atoms with E-state index in [2.05, 4.69) is 26.3 Å². The minimum atomic E-state index is -1.54. The number of carbonyl (C=O) groups excluding carboxylic acids is 5. The Morgan fingerprint density at radius 3 is 2.19 bits per heavy atom. The first-order chi connectivity index (χ1) is 19.8. The lowest BCUT2D eigenvalue weighted by atomic mass is 9.98. The number of halogens is 1. The predicted molar refractivity (Wildman–Crippen MR) is 160 cm³/mol. The minimum Gasteiger partial charge on any atom is -0.481 e. The fraction of sp³-hybridized carbons (Fsp3) is 0.519. The van der Waals surface area contributed by atoms with Crippen LogP contribution in [0.2, 0.25) is 0 Å². The van der Waals surface area contributed by atoms with Crippen molar-refractivity contribution in [2.24, 2.45) is 22.4 Å². The lowest BCUT2D eigenvalue weighted by Gasteiger charge is -2.34. The molecule has 0 bridgehead atoms. The van der Waals surface area contributed by atoms with E-state index in [4.69, 9.17) is 11.5 Å². The first-order valence-electron chi connectivity index (χ1n) is 13.6. The van der Waals surface area contributed by atoms with Crippen LogP contribution in [0.5, 0.6) is 0 Å². The Balaban J connectivity index is 0.00000924. The fourth-order valence-electron chi connectivity index (χ4n) is 4.58. The molecule has 0 unspecified atom stereocenters. The minimum absolute atomic E-state index is 0. The van der Waals surface area contributed by atoms with Gasteiger partial charge in [0, 0.05) is 20.0 Å². The predicted octanol–water partition coefficient (Wildman–Crippen LogP) is -1.75. The number of nitrogens with two attached hydrogens (primary N) is 2. The van der Waals surface area contributed by atoms with Crippen molar-refractivity contribution in [1.82, 2.24) is 26.2 Å². The van der Waals surface area contributed by atoms with Gasteiger partial charge in [-0.05, 0) is 24.3 Å². The summed E-state index contributed by atoms with van der Waals surface area (Å²) >= 11 is 0. The molecule has 0 saturated carbocycles. The molecule has 15 nitrogen and oxygen atoms in total. The molecule has 16 heteroatoms. The molecule has 0 radical (unpaired) electrons. The van der Waals surface area contributed by atoms with E-state index < -0.39 is 78.6 Å². The molecule has 2 rings (SSSR count). The summed E-state index contributed by atoms with van der Waals surface area (Å²) in [5, 5.41) is 19.3. The number of aliphatic imine (C=N–C) groups is 1. The van der Waals surface area contributed by atoms with Crippen LogP contribution in [-0.4, -0.2) is 95.8 Å². The summed E-state index contributed by atoms with van der Waals surface area (Å²) in [4.78, 5) is 82.8. The number of benzene rings is 1. The summed E-state index contributed by atoms with van der Waals surface area (Å²) in [6.45, 7) is 3.04. The molecule has 1 aromatic carbocycles. The van der Waals surface area contributed by atoms with Crippen LogP contribution in [0.3, 0.4) is 0 Å². The Kier molecular flexibility index (Phi) is 14.9. The van der Waals surface area contributed by atoms with Gasteiger partial charge in [-0.2, -0.15) is 0 Å². The number of carboxylic acids is 1. The first kappa shape index (κ1) is 36.6. The lowest BCUT2D eigenvalue weighted by Crippen LogP contribution is -2.59. The monoisotopic (exact) mass is 624 g/mol. The second-order valence-corrected chi connectivity index (χ2v) is 10.3. The highest BCUT2D eigenvalue weighted by atomic mass is 35.5. The third-order valence-corrected chi connectivity index (χ3v) is 6.59. The Morgan fingerprint density at radius 2 is 1.60 bits per heavy atom. The average molecular weight is 625 g/mol. The number of hydrogen-bond acceptors (Lipinski definition) is 7. The quantitative estimate of drug-likeness (QED) is 0.0934. The van der Waals surface area contributed by atoms with Crippen LogP contribution < -0.4 is 32.7 Å². The molecular formula is C27H41ClN8O7. The number of likely N-dealkylation sites (N-methyl/N-ethyl adjacent to an activating group) is 1. The van der Waals surface area contributed by atoms with Gasteiger partial charge in [0.25, 0.3) is 0 Å². The zero-order valence-corrected chi connectivity index (χ0v) is 25.2. The van der Waals surface area contributed by atoms with E-state index in [0.29, 0.717) is 12.0 Å². The molecular weight excluding hydrogens is 584 g/mol. The molecule has 1 aliphatic rings. The topological polar surface area (TPSA) is 238 Å². The van der Waals surface area contributed by atoms with Gasteiger partial charge in [0.2, 0.25) is 29.5 Å². The van der Waals surface area contributed by atoms with Crippen molar-refractivity contribution in [3.8, 4) is 0 Å². The maximum absolute atomic E-state index is 13.8. The Bertz CT molecular complexity index is 1180. The van der Waals surface area contributed by atoms with Crippen LogP contribution in [-0.2, 0) is 35.2 Å². The summed E-state index contributed by atoms with van der Waals surface area (Å²) in [5.74, 6) is -5.58. The molecule has 1 saturated heterocycles. The van der Waals surface area contributed by atoms with Crippen molar-refractivity contribution >= 4 is 53.9 Å². The van der Waals surface area contributed by atoms with Gasteiger partial charge in [-0.25, -0.2) is 0 Å². The molecule has 4 atom stereocenters. The summed E-state index contributed by atoms with van der Waals surface area (Å²) in [6, 6.07) is 3.92. The largest absolute Gasteiger partial charge is 0.481 e. The van der Waals surface area contributed by atoms with Gasteiger partial charge in [-0.3, -0.25) is 33.8 Å². The SMILES string of the molecule is CC(C)[C@H]1C(=O)N[C@@H](CCCN=C(N)N)C(=O)NCC(=O)N[C@@H](CC(=O)O)C(=O)N[C@H](Cc2ccccc2)C(=O)N1C.Cl. The van der Waals surface area contributed by atoms with E-state index in [-0.39, 0.29) is 37.8 Å². The van der Waals surface area contributed by atoms with Gasteiger partial charge >= 0.3 is 5.97 Å². The van der Waals surface area contributed by atoms with Gasteiger partial charge < -0.3 is 42.7 Å². The highest BCUT2D eigenvalue weighted by Crippen LogP contribution is 2.15. The zero-order valence-electron chi connectivity index (χ0n) is 24.4. The number of carbonyl (C=O) groups is 6. The van der Waals surface area contributed by atoms with E-state index in [1.165, 1.54) is 11.9 Å². The van der Waals surface area contributed by atoms with Gasteiger partial charge in [0.15, 0.2) is 5.96 Å². The number of hydrogen-bond donors (Lipinski definition) is 7. The van der Waals surface area contributed by atoms with E-state index in [1.54, 1.807) is 44.2 Å². The number of carboxylic acid groups (broad SMARTS) is 1. The molecule has 5 amide bonds. The smallest absolute Gasteiger partial charge is 0.305 e. The van der Waals surface area contributed by atoms with Crippen LogP contribution in [0.15, 0.2) is 35.3 Å². The first-order valence-corrected chi connectivity index (χ1v) is 13.6. The maximum Gasteiger partial charge on any atom is 0.305 e. The molecule has 238 valence electrons. The highest BCUT2D eigenvalue weighted by molar-refractivity contribution is 5.98. The number of rotatable bonds is 9. The second-order valence-electron chi connectivity index (χ2n) is 10.3. The van der Waals surface area contributed by atoms with Crippen molar-refractivity contribution in [1.29, 1.82) is 0 Å². The normalized spacial score (nSPS) is 22.1. The molecule has 9 N–H and O–H groups in total. The van der Waals surface area contributed by atoms with Gasteiger partial charge in [0.05, 0.1) is 13.0 Å². The molecule has 43 heavy (non-hydrogen) atoms. The van der Waals surface area contributed by atoms with Crippen LogP contribution in [0, 0.1) is 5.92 Å². The van der Waals surface area contributed by atoms with Crippen LogP contribution in [0.25, 0.3) is 0 Å². The van der Waals surface area contributed by atoms with Crippen molar-refractivity contribution in [2.45, 2.75) is 63.7 Å². The van der Waals surface area contributed by atoms with Crippen molar-refractivity contribution in [2.75, 3.05) is 20.1 Å². The average Bonchev–Trinajstić information content (AvgIpc) is 2.91. The molecule has 1 aliphatic heterocycles. The third-order valence-electron chi connectivity index (χ3n) is 6.59. The lowest BCUT2D eigenvalue weighted by molar-refractivity contribution is -0.144. The van der Waals surface area contributed by atoms with E-state index in [9.17, 15) is 33.9 Å². The van der Waals surface area contributed by atoms with Crippen LogP contribution >= 0.6 is 12.4 Å². The Labute approximate surface area is 256 Å². The van der Waals surface area contributed by atoms with Crippen LogP contribution in [0.1, 0.15) is 38.7 Å². The Morgan fingerprint density at radius 1 is 0.977 bits per heavy atom. The van der Waals surface area contributed by atoms with E-state index >= 15 is 0 Å². The summed E-state index contributed by atoms with van der Waals surface area (Å²) < 4.78 is 0. The number of nitrogens with zero attached hydrogens (tertiary/aromatic N) is 2. The van der Waals surface area contributed by atoms with Crippen molar-refractivity contribution in [3.63, 3.8) is 0 Å². The highest BCUT2D eigenvalue weighted by Gasteiger charge is 2.37. The third kappa shape index (κ3) is 11.8. The van der Waals surface area contributed by atoms with Crippen LogP contribution in [0.4, 0.5) is 0 Å². The number of guanidine groups is 1. The molecule has 0 aliphatic carbocycles. The van der Waals surface area contributed by atoms with Crippen molar-refractivity contribution < 1.29 is 33.9 Å². The van der Waals surface area contributed by atoms with Crippen molar-refractivity contribution in [3.05, 3.63) is 35.9 Å².